The molecule has 3 aromatic rings. The average Bonchev–Trinajstić information content (AvgIpc) is 3.01. The van der Waals surface area contributed by atoms with Gasteiger partial charge in [0.2, 0.25) is 10.0 Å². The van der Waals surface area contributed by atoms with Crippen LogP contribution < -0.4 is 15.2 Å². The summed E-state index contributed by atoms with van der Waals surface area (Å²) in [6.07, 6.45) is 2.68. The minimum Gasteiger partial charge on any atom is -0.460 e. The van der Waals surface area contributed by atoms with Gasteiger partial charge in [-0.3, -0.25) is 4.98 Å². The number of benzene rings is 1. The number of hydrogen-bond acceptors (Lipinski definition) is 7. The molecule has 0 radical (unpaired) electrons. The summed E-state index contributed by atoms with van der Waals surface area (Å²) in [4.78, 5) is 22.4. The fourth-order valence-corrected chi connectivity index (χ4v) is 4.91. The number of aromatic nitrogens is 3. The predicted molar refractivity (Wildman–Crippen MR) is 105 cm³/mol. The van der Waals surface area contributed by atoms with Crippen molar-refractivity contribution in [1.29, 1.82) is 0 Å². The lowest BCUT2D eigenvalue weighted by molar-refractivity contribution is 0.131. The van der Waals surface area contributed by atoms with Crippen LogP contribution in [0.25, 0.3) is 11.1 Å². The Labute approximate surface area is 167 Å². The van der Waals surface area contributed by atoms with Crippen molar-refractivity contribution in [3.63, 3.8) is 0 Å². The Kier molecular flexibility index (Phi) is 5.13. The van der Waals surface area contributed by atoms with Gasteiger partial charge in [0.1, 0.15) is 6.10 Å². The van der Waals surface area contributed by atoms with Crippen molar-refractivity contribution >= 4 is 21.1 Å². The molecular weight excluding hydrogens is 396 g/mol. The first-order valence-corrected chi connectivity index (χ1v) is 10.9. The number of aromatic amines is 1. The van der Waals surface area contributed by atoms with Crippen LogP contribution in [-0.2, 0) is 10.0 Å². The topological polar surface area (TPSA) is 127 Å². The standard InChI is InChI=1S/C19H22N4O5S/c1-11-9-12(2)21-18(20-11)27-14-5-3-13(4-6-14)23-29(25,26)15-7-8-17-16(10-15)22-19(24)28-17/h7-10,13-14,23H,3-6H2,1-2H3,(H,22,24). The highest BCUT2D eigenvalue weighted by Gasteiger charge is 2.27. The molecule has 1 aliphatic rings. The number of sulfonamides is 1. The second-order valence-corrected chi connectivity index (χ2v) is 9.03. The van der Waals surface area contributed by atoms with E-state index in [1.165, 1.54) is 18.2 Å². The second kappa shape index (κ2) is 7.60. The fraction of sp³-hybridized carbons (Fsp3) is 0.421. The molecule has 0 aliphatic heterocycles. The van der Waals surface area contributed by atoms with Gasteiger partial charge >= 0.3 is 11.8 Å². The van der Waals surface area contributed by atoms with E-state index in [9.17, 15) is 13.2 Å². The van der Waals surface area contributed by atoms with Crippen LogP contribution in [0.5, 0.6) is 6.01 Å². The number of oxazole rings is 1. The van der Waals surface area contributed by atoms with Gasteiger partial charge in [-0.15, -0.1) is 0 Å². The average molecular weight is 418 g/mol. The van der Waals surface area contributed by atoms with Crippen LogP contribution in [0.3, 0.4) is 0 Å². The van der Waals surface area contributed by atoms with E-state index in [1.807, 2.05) is 19.9 Å². The highest BCUT2D eigenvalue weighted by molar-refractivity contribution is 7.89. The Bertz CT molecular complexity index is 1170. The van der Waals surface area contributed by atoms with Crippen LogP contribution in [-0.4, -0.2) is 35.5 Å². The lowest BCUT2D eigenvalue weighted by atomic mass is 9.94. The van der Waals surface area contributed by atoms with E-state index in [0.29, 0.717) is 42.8 Å². The number of aryl methyl sites for hydroxylation is 2. The Morgan fingerprint density at radius 1 is 1.10 bits per heavy atom. The SMILES string of the molecule is Cc1cc(C)nc(OC2CCC(NS(=O)(=O)c3ccc4oc(=O)[nH]c4c3)CC2)n1. The maximum atomic E-state index is 12.7. The third-order valence-corrected chi connectivity index (χ3v) is 6.45. The first-order chi connectivity index (χ1) is 13.8. The number of nitrogens with zero attached hydrogens (tertiary/aromatic N) is 2. The number of fused-ring (bicyclic) bond motifs is 1. The number of hydrogen-bond donors (Lipinski definition) is 2. The van der Waals surface area contributed by atoms with Crippen LogP contribution >= 0.6 is 0 Å². The van der Waals surface area contributed by atoms with Crippen molar-refractivity contribution in [2.75, 3.05) is 0 Å². The van der Waals surface area contributed by atoms with E-state index in [4.69, 9.17) is 9.15 Å². The zero-order valence-corrected chi connectivity index (χ0v) is 17.0. The Morgan fingerprint density at radius 3 is 2.48 bits per heavy atom. The number of nitrogens with one attached hydrogen (secondary N) is 2. The number of ether oxygens (including phenoxy) is 1. The number of H-pyrrole nitrogens is 1. The normalized spacial score (nSPS) is 20.1. The van der Waals surface area contributed by atoms with E-state index in [0.717, 1.165) is 11.4 Å². The van der Waals surface area contributed by atoms with Crippen molar-refractivity contribution in [1.82, 2.24) is 19.7 Å². The molecule has 0 saturated heterocycles. The third kappa shape index (κ3) is 4.48. The lowest BCUT2D eigenvalue weighted by Gasteiger charge is -2.28. The summed E-state index contributed by atoms with van der Waals surface area (Å²) in [7, 11) is -3.71. The van der Waals surface area contributed by atoms with Crippen LogP contribution in [0, 0.1) is 13.8 Å². The molecule has 2 heterocycles. The molecule has 1 aromatic carbocycles. The second-order valence-electron chi connectivity index (χ2n) is 7.32. The molecule has 1 fully saturated rings. The van der Waals surface area contributed by atoms with Gasteiger partial charge in [-0.2, -0.15) is 0 Å². The fourth-order valence-electron chi connectivity index (χ4n) is 3.58. The van der Waals surface area contributed by atoms with Crippen molar-refractivity contribution in [2.45, 2.75) is 56.6 Å². The third-order valence-electron chi connectivity index (χ3n) is 4.93. The number of rotatable bonds is 5. The van der Waals surface area contributed by atoms with Crippen LogP contribution in [0.15, 0.2) is 38.4 Å². The quantitative estimate of drug-likeness (QED) is 0.650. The monoisotopic (exact) mass is 418 g/mol. The summed E-state index contributed by atoms with van der Waals surface area (Å²) >= 11 is 0. The molecule has 154 valence electrons. The van der Waals surface area contributed by atoms with Gasteiger partial charge in [0, 0.05) is 17.4 Å². The molecule has 0 spiro atoms. The lowest BCUT2D eigenvalue weighted by Crippen LogP contribution is -2.39. The van der Waals surface area contributed by atoms with Gasteiger partial charge in [0.05, 0.1) is 10.4 Å². The highest BCUT2D eigenvalue weighted by Crippen LogP contribution is 2.24. The van der Waals surface area contributed by atoms with Gasteiger partial charge in [-0.1, -0.05) is 0 Å². The zero-order valence-electron chi connectivity index (χ0n) is 16.1. The minimum atomic E-state index is -3.71. The molecule has 1 aliphatic carbocycles. The Hall–Kier alpha value is -2.72. The zero-order chi connectivity index (χ0) is 20.6. The molecule has 10 heteroatoms. The Morgan fingerprint density at radius 2 is 1.79 bits per heavy atom. The summed E-state index contributed by atoms with van der Waals surface area (Å²) in [5, 5.41) is 0. The Balaban J connectivity index is 1.38. The first kappa shape index (κ1) is 19.6. The maximum Gasteiger partial charge on any atom is 0.417 e. The molecule has 29 heavy (non-hydrogen) atoms. The molecule has 0 atom stereocenters. The molecule has 4 rings (SSSR count). The van der Waals surface area contributed by atoms with Crippen LogP contribution in [0.1, 0.15) is 37.1 Å². The first-order valence-electron chi connectivity index (χ1n) is 9.43. The predicted octanol–water partition coefficient (Wildman–Crippen LogP) is 2.20. The van der Waals surface area contributed by atoms with Crippen LogP contribution in [0.2, 0.25) is 0 Å². The smallest absolute Gasteiger partial charge is 0.417 e. The van der Waals surface area contributed by atoms with E-state index >= 15 is 0 Å². The molecule has 0 amide bonds. The van der Waals surface area contributed by atoms with Gasteiger partial charge in [-0.25, -0.2) is 27.9 Å². The molecule has 1 saturated carbocycles. The largest absolute Gasteiger partial charge is 0.460 e. The van der Waals surface area contributed by atoms with Gasteiger partial charge < -0.3 is 9.15 Å². The molecule has 9 nitrogen and oxygen atoms in total. The summed E-state index contributed by atoms with van der Waals surface area (Å²) in [6, 6.07) is 6.36. The van der Waals surface area contributed by atoms with Crippen molar-refractivity contribution in [3.05, 3.63) is 46.2 Å². The molecule has 2 aromatic heterocycles. The van der Waals surface area contributed by atoms with E-state index in [-0.39, 0.29) is 17.0 Å². The molecule has 2 N–H and O–H groups in total. The summed E-state index contributed by atoms with van der Waals surface area (Å²) in [5.41, 5.74) is 2.37. The van der Waals surface area contributed by atoms with Crippen molar-refractivity contribution in [3.8, 4) is 6.01 Å². The minimum absolute atomic E-state index is 0.0377. The van der Waals surface area contributed by atoms with Gasteiger partial charge in [0.25, 0.3) is 0 Å². The van der Waals surface area contributed by atoms with Crippen molar-refractivity contribution in [2.24, 2.45) is 0 Å². The molecule has 0 bridgehead atoms. The highest BCUT2D eigenvalue weighted by atomic mass is 32.2. The summed E-state index contributed by atoms with van der Waals surface area (Å²) in [6.45, 7) is 3.79. The maximum absolute atomic E-state index is 12.7. The summed E-state index contributed by atoms with van der Waals surface area (Å²) in [5.74, 6) is -0.617. The molecular formula is C19H22N4O5S. The van der Waals surface area contributed by atoms with Gasteiger partial charge in [-0.05, 0) is 63.8 Å². The van der Waals surface area contributed by atoms with E-state index in [1.54, 1.807) is 0 Å². The van der Waals surface area contributed by atoms with E-state index < -0.39 is 15.8 Å². The van der Waals surface area contributed by atoms with Gasteiger partial charge in [0.15, 0.2) is 5.58 Å². The molecule has 0 unspecified atom stereocenters. The summed E-state index contributed by atoms with van der Waals surface area (Å²) < 4.78 is 39.0. The van der Waals surface area contributed by atoms with Crippen LogP contribution in [0.4, 0.5) is 0 Å². The van der Waals surface area contributed by atoms with E-state index in [2.05, 4.69) is 19.7 Å². The van der Waals surface area contributed by atoms with Crippen molar-refractivity contribution < 1.29 is 17.6 Å².